The summed E-state index contributed by atoms with van der Waals surface area (Å²) in [6, 6.07) is 28.8. The number of Topliss-reactive ketones (excluding diaryl/α,β-unsaturated/α-hetero) is 1. The lowest BCUT2D eigenvalue weighted by molar-refractivity contribution is 0.0666. The zero-order valence-corrected chi connectivity index (χ0v) is 20.8. The van der Waals surface area contributed by atoms with Gasteiger partial charge < -0.3 is 10.1 Å². The number of nitrogens with zero attached hydrogens (tertiary/aromatic N) is 1. The van der Waals surface area contributed by atoms with Crippen molar-refractivity contribution < 1.29 is 9.53 Å². The van der Waals surface area contributed by atoms with Crippen LogP contribution in [0.3, 0.4) is 0 Å². The minimum absolute atomic E-state index is 0.190. The number of ketones is 1. The number of morpholine rings is 1. The van der Waals surface area contributed by atoms with Crippen LogP contribution in [0.2, 0.25) is 0 Å². The van der Waals surface area contributed by atoms with E-state index in [0.29, 0.717) is 6.42 Å². The lowest BCUT2D eigenvalue weighted by Crippen LogP contribution is -2.52. The smallest absolute Gasteiger partial charge is 0.183 e. The first-order valence-electron chi connectivity index (χ1n) is 12.2. The predicted octanol–water partition coefficient (Wildman–Crippen LogP) is 5.02. The summed E-state index contributed by atoms with van der Waals surface area (Å²) in [5, 5.41) is 3.16. The number of benzene rings is 3. The number of carbonyl (C=O) groups excluding carboxylic acids is 1. The topological polar surface area (TPSA) is 41.6 Å². The number of hydrogen-bond donors (Lipinski definition) is 1. The quantitative estimate of drug-likeness (QED) is 0.481. The molecule has 180 valence electrons. The SMILES string of the molecule is C1COCCN1.CCC(Cc1ccccc1)(C(=O)c1ccc(Cc2ccccc2)cc1)N(C)C. The zero-order valence-electron chi connectivity index (χ0n) is 20.8. The van der Waals surface area contributed by atoms with Crippen molar-refractivity contribution in [1.29, 1.82) is 0 Å². The van der Waals surface area contributed by atoms with Crippen LogP contribution in [0.1, 0.15) is 40.4 Å². The Morgan fingerprint density at radius 2 is 1.35 bits per heavy atom. The summed E-state index contributed by atoms with van der Waals surface area (Å²) in [6.45, 7) is 5.94. The number of likely N-dealkylation sites (N-methyl/N-ethyl adjacent to an activating group) is 1. The van der Waals surface area contributed by atoms with Gasteiger partial charge in [-0.3, -0.25) is 9.69 Å². The highest BCUT2D eigenvalue weighted by molar-refractivity contribution is 6.03. The maximum absolute atomic E-state index is 13.6. The molecule has 1 fully saturated rings. The Labute approximate surface area is 205 Å². The molecule has 3 aromatic carbocycles. The van der Waals surface area contributed by atoms with E-state index < -0.39 is 5.54 Å². The van der Waals surface area contributed by atoms with Crippen molar-refractivity contribution in [3.8, 4) is 0 Å². The molecule has 1 atom stereocenters. The molecule has 1 unspecified atom stereocenters. The normalized spacial score (nSPS) is 15.2. The van der Waals surface area contributed by atoms with Gasteiger partial charge in [0.15, 0.2) is 5.78 Å². The molecule has 1 heterocycles. The molecule has 4 rings (SSSR count). The summed E-state index contributed by atoms with van der Waals surface area (Å²) in [7, 11) is 4.02. The highest BCUT2D eigenvalue weighted by atomic mass is 16.5. The monoisotopic (exact) mass is 458 g/mol. The first kappa shape index (κ1) is 25.8. The lowest BCUT2D eigenvalue weighted by atomic mass is 9.80. The number of hydrogen-bond acceptors (Lipinski definition) is 4. The second kappa shape index (κ2) is 13.2. The molecule has 0 saturated carbocycles. The van der Waals surface area contributed by atoms with Crippen molar-refractivity contribution in [2.24, 2.45) is 0 Å². The lowest BCUT2D eigenvalue weighted by Gasteiger charge is -2.38. The maximum Gasteiger partial charge on any atom is 0.183 e. The van der Waals surface area contributed by atoms with Crippen molar-refractivity contribution in [2.75, 3.05) is 40.4 Å². The van der Waals surface area contributed by atoms with Crippen LogP contribution in [0, 0.1) is 0 Å². The number of carbonyl (C=O) groups is 1. The summed E-state index contributed by atoms with van der Waals surface area (Å²) < 4.78 is 5.01. The van der Waals surface area contributed by atoms with Gasteiger partial charge in [0.05, 0.1) is 18.8 Å². The maximum atomic E-state index is 13.6. The molecule has 4 nitrogen and oxygen atoms in total. The van der Waals surface area contributed by atoms with Crippen LogP contribution >= 0.6 is 0 Å². The number of rotatable bonds is 8. The zero-order chi connectivity index (χ0) is 24.2. The Morgan fingerprint density at radius 3 is 1.79 bits per heavy atom. The van der Waals surface area contributed by atoms with Crippen molar-refractivity contribution in [3.05, 3.63) is 107 Å². The molecule has 1 aliphatic heterocycles. The van der Waals surface area contributed by atoms with E-state index in [1.165, 1.54) is 16.7 Å². The predicted molar refractivity (Wildman–Crippen MR) is 141 cm³/mol. The van der Waals surface area contributed by atoms with Crippen molar-refractivity contribution in [2.45, 2.75) is 31.7 Å². The second-order valence-electron chi connectivity index (χ2n) is 8.99. The summed E-state index contributed by atoms with van der Waals surface area (Å²) in [5.41, 5.74) is 3.93. The molecule has 1 saturated heterocycles. The molecule has 1 N–H and O–H groups in total. The van der Waals surface area contributed by atoms with E-state index in [1.54, 1.807) is 0 Å². The van der Waals surface area contributed by atoms with E-state index >= 15 is 0 Å². The van der Waals surface area contributed by atoms with E-state index in [2.05, 4.69) is 65.7 Å². The number of ether oxygens (including phenoxy) is 1. The third-order valence-corrected chi connectivity index (χ3v) is 6.52. The van der Waals surface area contributed by atoms with Crippen LogP contribution in [0.25, 0.3) is 0 Å². The fraction of sp³-hybridized carbons (Fsp3) is 0.367. The first-order valence-corrected chi connectivity index (χ1v) is 12.2. The number of nitrogens with one attached hydrogen (secondary N) is 1. The van der Waals surface area contributed by atoms with Crippen molar-refractivity contribution in [3.63, 3.8) is 0 Å². The third kappa shape index (κ3) is 7.10. The molecule has 34 heavy (non-hydrogen) atoms. The van der Waals surface area contributed by atoms with Gasteiger partial charge in [-0.1, -0.05) is 91.9 Å². The van der Waals surface area contributed by atoms with Crippen LogP contribution in [0.15, 0.2) is 84.9 Å². The Balaban J connectivity index is 0.000000469. The molecule has 0 bridgehead atoms. The minimum Gasteiger partial charge on any atom is -0.379 e. The van der Waals surface area contributed by atoms with Crippen molar-refractivity contribution in [1.82, 2.24) is 10.2 Å². The van der Waals surface area contributed by atoms with Gasteiger partial charge in [-0.05, 0) is 50.0 Å². The van der Waals surface area contributed by atoms with Gasteiger partial charge in [-0.15, -0.1) is 0 Å². The molecule has 0 aromatic heterocycles. The van der Waals surface area contributed by atoms with Gasteiger partial charge in [-0.25, -0.2) is 0 Å². The van der Waals surface area contributed by atoms with Gasteiger partial charge >= 0.3 is 0 Å². The van der Waals surface area contributed by atoms with Crippen LogP contribution < -0.4 is 5.32 Å². The Hall–Kier alpha value is -2.79. The Kier molecular flexibility index (Phi) is 10.0. The van der Waals surface area contributed by atoms with Crippen LogP contribution in [0.5, 0.6) is 0 Å². The van der Waals surface area contributed by atoms with E-state index in [0.717, 1.165) is 44.7 Å². The average molecular weight is 459 g/mol. The van der Waals surface area contributed by atoms with Gasteiger partial charge in [0.25, 0.3) is 0 Å². The van der Waals surface area contributed by atoms with Crippen LogP contribution in [-0.4, -0.2) is 56.6 Å². The molecular formula is C30H38N2O2. The molecular weight excluding hydrogens is 420 g/mol. The molecule has 4 heteroatoms. The third-order valence-electron chi connectivity index (χ3n) is 6.52. The first-order chi connectivity index (χ1) is 16.5. The Morgan fingerprint density at radius 1 is 0.824 bits per heavy atom. The van der Waals surface area contributed by atoms with Crippen LogP contribution in [0.4, 0.5) is 0 Å². The highest BCUT2D eigenvalue weighted by Crippen LogP contribution is 2.28. The fourth-order valence-electron chi connectivity index (χ4n) is 4.37. The molecule has 3 aromatic rings. The summed E-state index contributed by atoms with van der Waals surface area (Å²) >= 11 is 0. The van der Waals surface area contributed by atoms with E-state index in [9.17, 15) is 4.79 Å². The molecule has 1 aliphatic rings. The molecule has 0 amide bonds. The summed E-state index contributed by atoms with van der Waals surface area (Å²) in [4.78, 5) is 15.7. The van der Waals surface area contributed by atoms with E-state index in [4.69, 9.17) is 4.74 Å². The largest absolute Gasteiger partial charge is 0.379 e. The average Bonchev–Trinajstić information content (AvgIpc) is 2.90. The Bertz CT molecular complexity index is 972. The summed E-state index contributed by atoms with van der Waals surface area (Å²) in [6.07, 6.45) is 2.35. The van der Waals surface area contributed by atoms with Gasteiger partial charge in [0.2, 0.25) is 0 Å². The fourth-order valence-corrected chi connectivity index (χ4v) is 4.37. The second-order valence-corrected chi connectivity index (χ2v) is 8.99. The standard InChI is InChI=1S/C26H29NO.C4H9NO/c1-4-26(27(2)3,20-23-13-9-6-10-14-23)25(28)24-17-15-22(16-18-24)19-21-11-7-5-8-12-21;1-3-6-4-2-5-1/h5-18H,4,19-20H2,1-3H3;5H,1-4H2. The van der Waals surface area contributed by atoms with E-state index in [1.807, 2.05) is 50.5 Å². The minimum atomic E-state index is -0.539. The van der Waals surface area contributed by atoms with Crippen molar-refractivity contribution >= 4 is 5.78 Å². The van der Waals surface area contributed by atoms with Gasteiger partial charge in [0, 0.05) is 18.7 Å². The molecule has 0 radical (unpaired) electrons. The molecule has 0 spiro atoms. The van der Waals surface area contributed by atoms with Crippen LogP contribution in [-0.2, 0) is 17.6 Å². The highest BCUT2D eigenvalue weighted by Gasteiger charge is 2.39. The van der Waals surface area contributed by atoms with Gasteiger partial charge in [0.1, 0.15) is 0 Å². The van der Waals surface area contributed by atoms with Gasteiger partial charge in [-0.2, -0.15) is 0 Å². The molecule has 0 aliphatic carbocycles. The summed E-state index contributed by atoms with van der Waals surface area (Å²) in [5.74, 6) is 0.190. The van der Waals surface area contributed by atoms with E-state index in [-0.39, 0.29) is 5.78 Å².